The van der Waals surface area contributed by atoms with E-state index in [-0.39, 0.29) is 6.42 Å². The number of nitrogens with one attached hydrogen (secondary N) is 1. The van der Waals surface area contributed by atoms with Gasteiger partial charge in [0.25, 0.3) is 6.08 Å². The highest BCUT2D eigenvalue weighted by atomic mass is 19.1. The third-order valence-corrected chi connectivity index (χ3v) is 1.69. The van der Waals surface area contributed by atoms with Gasteiger partial charge in [-0.1, -0.05) is 13.8 Å². The average Bonchev–Trinajstić information content (AvgIpc) is 2.48. The summed E-state index contributed by atoms with van der Waals surface area (Å²) in [6.45, 7) is 5.61. The van der Waals surface area contributed by atoms with Crippen LogP contribution in [0.15, 0.2) is 0 Å². The predicted octanol–water partition coefficient (Wildman–Crippen LogP) is 0.838. The van der Waals surface area contributed by atoms with Crippen molar-refractivity contribution in [1.82, 2.24) is 9.97 Å². The van der Waals surface area contributed by atoms with Crippen LogP contribution in [0.4, 0.5) is 4.39 Å². The van der Waals surface area contributed by atoms with E-state index >= 15 is 0 Å². The monoisotopic (exact) mass is 217 g/mol. The summed E-state index contributed by atoms with van der Waals surface area (Å²) in [4.78, 5) is 16.2. The van der Waals surface area contributed by atoms with Gasteiger partial charge in [0.2, 0.25) is 0 Å². The maximum Gasteiger partial charge on any atom is 0.320 e. The predicted molar refractivity (Wildman–Crippen MR) is 53.9 cm³/mol. The molecule has 0 fully saturated rings. The van der Waals surface area contributed by atoms with Gasteiger partial charge < -0.3 is 15.8 Å². The molecule has 6 heteroatoms. The minimum Gasteiger partial charge on any atom is -0.480 e. The smallest absolute Gasteiger partial charge is 0.320 e. The highest BCUT2D eigenvalue weighted by Crippen LogP contribution is 2.05. The minimum atomic E-state index is -1.12. The number of aliphatic carboxylic acids is 1. The van der Waals surface area contributed by atoms with E-state index in [1.807, 2.05) is 13.8 Å². The van der Waals surface area contributed by atoms with Gasteiger partial charge in [-0.25, -0.2) is 4.98 Å². The molecule has 1 rings (SSSR count). The zero-order valence-electron chi connectivity index (χ0n) is 9.04. The number of halogens is 1. The highest BCUT2D eigenvalue weighted by molar-refractivity contribution is 5.73. The molecule has 0 radical (unpaired) electrons. The van der Waals surface area contributed by atoms with Crippen LogP contribution in [0.3, 0.4) is 0 Å². The first kappa shape index (κ1) is 13.6. The largest absolute Gasteiger partial charge is 0.480 e. The summed E-state index contributed by atoms with van der Waals surface area (Å²) in [5.74, 6) is -1.12. The number of hydrogen-bond donors (Lipinski definition) is 3. The van der Waals surface area contributed by atoms with E-state index in [0.717, 1.165) is 0 Å². The number of aromatic amines is 1. The normalized spacial score (nSPS) is 11.5. The van der Waals surface area contributed by atoms with Gasteiger partial charge in [0, 0.05) is 12.1 Å². The molecule has 4 N–H and O–H groups in total. The third-order valence-electron chi connectivity index (χ3n) is 1.69. The lowest BCUT2D eigenvalue weighted by atomic mass is 10.1. The number of aryl methyl sites for hydroxylation is 1. The molecule has 1 aromatic rings. The molecule has 1 aromatic heterocycles. The molecule has 0 aromatic carbocycles. The Morgan fingerprint density at radius 3 is 2.53 bits per heavy atom. The molecule has 1 atom stereocenters. The molecular formula is C9H16FN3O2. The van der Waals surface area contributed by atoms with Crippen LogP contribution in [-0.2, 0) is 11.2 Å². The Morgan fingerprint density at radius 1 is 1.67 bits per heavy atom. The standard InChI is InChI=1S/C7H10FN3O2.C2H6/c1-3-5(11-7(8)10-3)2-4(9)6(12)13;1-2/h4H,2,9H2,1H3,(H,10,11)(H,12,13);1-2H3. The van der Waals surface area contributed by atoms with Crippen molar-refractivity contribution in [2.24, 2.45) is 5.73 Å². The number of nitrogens with zero attached hydrogens (tertiary/aromatic N) is 1. The molecule has 1 heterocycles. The second-order valence-electron chi connectivity index (χ2n) is 2.75. The number of aromatic nitrogens is 2. The van der Waals surface area contributed by atoms with E-state index in [4.69, 9.17) is 10.8 Å². The van der Waals surface area contributed by atoms with Gasteiger partial charge >= 0.3 is 5.97 Å². The molecular weight excluding hydrogens is 201 g/mol. The molecule has 0 bridgehead atoms. The number of carboxylic acids is 1. The maximum atomic E-state index is 12.5. The van der Waals surface area contributed by atoms with Crippen LogP contribution in [0.2, 0.25) is 0 Å². The van der Waals surface area contributed by atoms with Crippen LogP contribution in [0.5, 0.6) is 0 Å². The Bertz CT molecular complexity index is 325. The van der Waals surface area contributed by atoms with E-state index < -0.39 is 18.1 Å². The fourth-order valence-corrected chi connectivity index (χ4v) is 0.952. The first-order chi connectivity index (χ1) is 7.00. The van der Waals surface area contributed by atoms with E-state index in [9.17, 15) is 9.18 Å². The van der Waals surface area contributed by atoms with Crippen molar-refractivity contribution in [3.05, 3.63) is 17.5 Å². The number of H-pyrrole nitrogens is 1. The van der Waals surface area contributed by atoms with Gasteiger partial charge in [-0.3, -0.25) is 4.79 Å². The third kappa shape index (κ3) is 4.07. The van der Waals surface area contributed by atoms with Crippen molar-refractivity contribution in [2.75, 3.05) is 0 Å². The minimum absolute atomic E-state index is 0.0294. The summed E-state index contributed by atoms with van der Waals surface area (Å²) < 4.78 is 12.5. The second-order valence-corrected chi connectivity index (χ2v) is 2.75. The first-order valence-electron chi connectivity index (χ1n) is 4.70. The lowest BCUT2D eigenvalue weighted by molar-refractivity contribution is -0.138. The van der Waals surface area contributed by atoms with E-state index in [1.54, 1.807) is 6.92 Å². The number of imidazole rings is 1. The Labute approximate surface area is 87.5 Å². The lowest BCUT2D eigenvalue weighted by Crippen LogP contribution is -2.32. The van der Waals surface area contributed by atoms with Crippen molar-refractivity contribution >= 4 is 5.97 Å². The Morgan fingerprint density at radius 2 is 2.20 bits per heavy atom. The molecule has 0 aliphatic rings. The number of hydrogen-bond acceptors (Lipinski definition) is 3. The fourth-order valence-electron chi connectivity index (χ4n) is 0.952. The molecule has 0 aliphatic carbocycles. The first-order valence-corrected chi connectivity index (χ1v) is 4.70. The number of carboxylic acid groups (broad SMARTS) is 1. The Kier molecular flexibility index (Phi) is 5.54. The molecule has 0 saturated carbocycles. The van der Waals surface area contributed by atoms with Crippen LogP contribution >= 0.6 is 0 Å². The quantitative estimate of drug-likeness (QED) is 0.699. The van der Waals surface area contributed by atoms with Crippen LogP contribution in [0, 0.1) is 13.0 Å². The van der Waals surface area contributed by atoms with Crippen molar-refractivity contribution in [1.29, 1.82) is 0 Å². The number of nitrogens with two attached hydrogens (primary N) is 1. The number of rotatable bonds is 3. The van der Waals surface area contributed by atoms with E-state index in [2.05, 4.69) is 9.97 Å². The molecule has 0 saturated heterocycles. The van der Waals surface area contributed by atoms with Gasteiger partial charge in [0.05, 0.1) is 5.69 Å². The van der Waals surface area contributed by atoms with Gasteiger partial charge in [0.1, 0.15) is 6.04 Å². The van der Waals surface area contributed by atoms with Crippen molar-refractivity contribution in [3.8, 4) is 0 Å². The zero-order chi connectivity index (χ0) is 12.0. The summed E-state index contributed by atoms with van der Waals surface area (Å²) in [6, 6.07) is -1.04. The summed E-state index contributed by atoms with van der Waals surface area (Å²) in [5, 5.41) is 8.48. The molecule has 15 heavy (non-hydrogen) atoms. The summed E-state index contributed by atoms with van der Waals surface area (Å²) in [7, 11) is 0. The molecule has 0 aliphatic heterocycles. The van der Waals surface area contributed by atoms with Crippen LogP contribution in [0.25, 0.3) is 0 Å². The van der Waals surface area contributed by atoms with Crippen LogP contribution in [-0.4, -0.2) is 27.1 Å². The fraction of sp³-hybridized carbons (Fsp3) is 0.556. The Hall–Kier alpha value is -1.43. The van der Waals surface area contributed by atoms with Crippen molar-refractivity contribution < 1.29 is 14.3 Å². The van der Waals surface area contributed by atoms with E-state index in [0.29, 0.717) is 11.4 Å². The summed E-state index contributed by atoms with van der Waals surface area (Å²) in [5.41, 5.74) is 6.11. The van der Waals surface area contributed by atoms with Crippen molar-refractivity contribution in [3.63, 3.8) is 0 Å². The maximum absolute atomic E-state index is 12.5. The summed E-state index contributed by atoms with van der Waals surface area (Å²) in [6.07, 6.45) is -0.688. The molecule has 0 spiro atoms. The molecule has 1 unspecified atom stereocenters. The van der Waals surface area contributed by atoms with E-state index in [1.165, 1.54) is 0 Å². The van der Waals surface area contributed by atoms with Crippen LogP contribution < -0.4 is 5.73 Å². The van der Waals surface area contributed by atoms with Gasteiger partial charge in [-0.15, -0.1) is 0 Å². The molecule has 86 valence electrons. The van der Waals surface area contributed by atoms with Crippen LogP contribution in [0.1, 0.15) is 25.2 Å². The highest BCUT2D eigenvalue weighted by Gasteiger charge is 2.16. The SMILES string of the molecule is CC.Cc1[nH]c(F)nc1CC(N)C(=O)O. The van der Waals surface area contributed by atoms with Gasteiger partial charge in [-0.2, -0.15) is 4.39 Å². The van der Waals surface area contributed by atoms with Gasteiger partial charge in [0.15, 0.2) is 0 Å². The summed E-state index contributed by atoms with van der Waals surface area (Å²) >= 11 is 0. The second kappa shape index (κ2) is 6.13. The zero-order valence-corrected chi connectivity index (χ0v) is 9.04. The molecule has 0 amide bonds. The van der Waals surface area contributed by atoms with Gasteiger partial charge in [-0.05, 0) is 6.92 Å². The Balaban J connectivity index is 0.000000921. The lowest BCUT2D eigenvalue weighted by Gasteiger charge is -2.03. The number of carbonyl (C=O) groups is 1. The topological polar surface area (TPSA) is 92.0 Å². The molecule has 5 nitrogen and oxygen atoms in total. The average molecular weight is 217 g/mol. The van der Waals surface area contributed by atoms with Crippen molar-refractivity contribution in [2.45, 2.75) is 33.2 Å².